The number of amides is 1. The van der Waals surface area contributed by atoms with Gasteiger partial charge in [-0.05, 0) is 37.6 Å². The third-order valence-corrected chi connectivity index (χ3v) is 4.91. The number of nitrogens with zero attached hydrogens (tertiary/aromatic N) is 2. The Kier molecular flexibility index (Phi) is 4.47. The fraction of sp³-hybridized carbons (Fsp3) is 0.438. The van der Waals surface area contributed by atoms with Crippen molar-refractivity contribution in [3.63, 3.8) is 0 Å². The van der Waals surface area contributed by atoms with E-state index in [9.17, 15) is 14.7 Å². The van der Waals surface area contributed by atoms with Crippen molar-refractivity contribution in [2.75, 3.05) is 6.54 Å². The van der Waals surface area contributed by atoms with Crippen LogP contribution in [-0.4, -0.2) is 39.5 Å². The molecule has 0 radical (unpaired) electrons. The number of carbonyl (C=O) groups is 2. The second-order valence-electron chi connectivity index (χ2n) is 5.61. The van der Waals surface area contributed by atoms with Crippen LogP contribution in [0.1, 0.15) is 30.7 Å². The molecule has 0 saturated carbocycles. The first kappa shape index (κ1) is 15.7. The lowest BCUT2D eigenvalue weighted by atomic mass is 10.0. The zero-order chi connectivity index (χ0) is 16.4. The van der Waals surface area contributed by atoms with E-state index in [1.165, 1.54) is 16.2 Å². The van der Waals surface area contributed by atoms with Crippen LogP contribution >= 0.6 is 11.3 Å². The third kappa shape index (κ3) is 3.29. The highest BCUT2D eigenvalue weighted by Crippen LogP contribution is 2.26. The summed E-state index contributed by atoms with van der Waals surface area (Å²) in [6.45, 7) is 2.27. The first-order chi connectivity index (χ1) is 11.1. The van der Waals surface area contributed by atoms with E-state index in [0.29, 0.717) is 30.3 Å². The van der Waals surface area contributed by atoms with Gasteiger partial charge in [0.25, 0.3) is 0 Å². The van der Waals surface area contributed by atoms with Crippen molar-refractivity contribution in [2.45, 2.75) is 38.6 Å². The van der Waals surface area contributed by atoms with Gasteiger partial charge in [0.15, 0.2) is 0 Å². The Morgan fingerprint density at radius 3 is 3.00 bits per heavy atom. The minimum absolute atomic E-state index is 0.0739. The minimum atomic E-state index is -0.936. The predicted octanol–water partition coefficient (Wildman–Crippen LogP) is 2.72. The Hall–Kier alpha value is -2.15. The van der Waals surface area contributed by atoms with Crippen LogP contribution in [0.5, 0.6) is 0 Å². The quantitative estimate of drug-likeness (QED) is 0.929. The summed E-state index contributed by atoms with van der Waals surface area (Å²) in [5.41, 5.74) is 0.577. The Morgan fingerprint density at radius 1 is 1.48 bits per heavy atom. The average Bonchev–Trinajstić information content (AvgIpc) is 3.17. The molecular weight excluding hydrogens is 316 g/mol. The fourth-order valence-electron chi connectivity index (χ4n) is 2.83. The summed E-state index contributed by atoms with van der Waals surface area (Å²) in [4.78, 5) is 30.6. The van der Waals surface area contributed by atoms with Crippen LogP contribution in [0, 0.1) is 6.92 Å². The monoisotopic (exact) mass is 334 g/mol. The SMILES string of the molecule is Cc1oc(-c2cccs2)nc1CC(=O)N1CCCC[C@H]1C(=O)O. The molecule has 1 amide bonds. The zero-order valence-corrected chi connectivity index (χ0v) is 13.6. The van der Waals surface area contributed by atoms with Gasteiger partial charge in [-0.2, -0.15) is 0 Å². The van der Waals surface area contributed by atoms with Gasteiger partial charge in [-0.1, -0.05) is 6.07 Å². The van der Waals surface area contributed by atoms with E-state index in [0.717, 1.165) is 17.7 Å². The van der Waals surface area contributed by atoms with Gasteiger partial charge in [-0.3, -0.25) is 4.79 Å². The lowest BCUT2D eigenvalue weighted by Crippen LogP contribution is -2.48. The number of piperidine rings is 1. The van der Waals surface area contributed by atoms with Crippen molar-refractivity contribution < 1.29 is 19.1 Å². The molecule has 1 N–H and O–H groups in total. The summed E-state index contributed by atoms with van der Waals surface area (Å²) in [5.74, 6) is -0.0280. The third-order valence-electron chi connectivity index (χ3n) is 4.05. The summed E-state index contributed by atoms with van der Waals surface area (Å²) in [7, 11) is 0. The van der Waals surface area contributed by atoms with Gasteiger partial charge in [0.05, 0.1) is 17.0 Å². The summed E-state index contributed by atoms with van der Waals surface area (Å²) in [5, 5.41) is 11.2. The lowest BCUT2D eigenvalue weighted by molar-refractivity contribution is -0.151. The van der Waals surface area contributed by atoms with Crippen LogP contribution in [0.25, 0.3) is 10.8 Å². The van der Waals surface area contributed by atoms with Gasteiger partial charge in [0.1, 0.15) is 11.8 Å². The molecule has 23 heavy (non-hydrogen) atoms. The number of carboxylic acids is 1. The van der Waals surface area contributed by atoms with Gasteiger partial charge in [-0.25, -0.2) is 9.78 Å². The Bertz CT molecular complexity index is 708. The maximum atomic E-state index is 12.5. The van der Waals surface area contributed by atoms with Gasteiger partial charge < -0.3 is 14.4 Å². The van der Waals surface area contributed by atoms with Gasteiger partial charge in [-0.15, -0.1) is 11.3 Å². The second kappa shape index (κ2) is 6.54. The number of hydrogen-bond acceptors (Lipinski definition) is 5. The van der Waals surface area contributed by atoms with Crippen LogP contribution in [0.15, 0.2) is 21.9 Å². The van der Waals surface area contributed by atoms with Crippen molar-refractivity contribution in [2.24, 2.45) is 0 Å². The number of aryl methyl sites for hydroxylation is 1. The lowest BCUT2D eigenvalue weighted by Gasteiger charge is -2.32. The molecule has 2 aromatic heterocycles. The molecule has 2 aromatic rings. The number of likely N-dealkylation sites (tertiary alicyclic amines) is 1. The van der Waals surface area contributed by atoms with E-state index in [-0.39, 0.29) is 12.3 Å². The normalized spacial score (nSPS) is 18.1. The van der Waals surface area contributed by atoms with Crippen LogP contribution in [0.2, 0.25) is 0 Å². The van der Waals surface area contributed by atoms with Crippen molar-refractivity contribution in [3.05, 3.63) is 29.0 Å². The molecule has 0 unspecified atom stereocenters. The molecule has 1 fully saturated rings. The van der Waals surface area contributed by atoms with E-state index in [1.807, 2.05) is 17.5 Å². The van der Waals surface area contributed by atoms with E-state index in [2.05, 4.69) is 4.98 Å². The number of aliphatic carboxylic acids is 1. The number of thiophene rings is 1. The topological polar surface area (TPSA) is 83.6 Å². The van der Waals surface area contributed by atoms with Crippen molar-refractivity contribution in [1.82, 2.24) is 9.88 Å². The highest BCUT2D eigenvalue weighted by atomic mass is 32.1. The highest BCUT2D eigenvalue weighted by Gasteiger charge is 2.32. The molecule has 1 saturated heterocycles. The number of hydrogen-bond donors (Lipinski definition) is 1. The number of carbonyl (C=O) groups excluding carboxylic acids is 1. The summed E-state index contributed by atoms with van der Waals surface area (Å²) in [6, 6.07) is 3.10. The molecule has 0 aromatic carbocycles. The smallest absolute Gasteiger partial charge is 0.326 e. The first-order valence-electron chi connectivity index (χ1n) is 7.58. The van der Waals surface area contributed by atoms with Crippen LogP contribution < -0.4 is 0 Å². The Balaban J connectivity index is 1.76. The first-order valence-corrected chi connectivity index (χ1v) is 8.46. The Labute approximate surface area is 137 Å². The van der Waals surface area contributed by atoms with Crippen LogP contribution in [-0.2, 0) is 16.0 Å². The zero-order valence-electron chi connectivity index (χ0n) is 12.8. The van der Waals surface area contributed by atoms with Gasteiger partial charge in [0.2, 0.25) is 11.8 Å². The molecule has 1 aliphatic heterocycles. The Morgan fingerprint density at radius 2 is 2.30 bits per heavy atom. The molecule has 122 valence electrons. The number of rotatable bonds is 4. The van der Waals surface area contributed by atoms with Gasteiger partial charge in [0, 0.05) is 6.54 Å². The standard InChI is InChI=1S/C16H18N2O4S/c1-10-11(17-15(22-10)13-6-4-8-23-13)9-14(19)18-7-3-2-5-12(18)16(20)21/h4,6,8,12H,2-3,5,7,9H2,1H3,(H,20,21)/t12-/m0/s1. The molecule has 0 spiro atoms. The average molecular weight is 334 g/mol. The number of oxazole rings is 1. The van der Waals surface area contributed by atoms with E-state index in [1.54, 1.807) is 6.92 Å². The molecule has 0 aliphatic carbocycles. The second-order valence-corrected chi connectivity index (χ2v) is 6.56. The number of carboxylic acid groups (broad SMARTS) is 1. The largest absolute Gasteiger partial charge is 0.480 e. The van der Waals surface area contributed by atoms with Crippen molar-refractivity contribution >= 4 is 23.2 Å². The molecule has 3 rings (SSSR count). The molecule has 7 heteroatoms. The number of aromatic nitrogens is 1. The van der Waals surface area contributed by atoms with Crippen LogP contribution in [0.3, 0.4) is 0 Å². The van der Waals surface area contributed by atoms with E-state index < -0.39 is 12.0 Å². The molecule has 1 aliphatic rings. The summed E-state index contributed by atoms with van der Waals surface area (Å²) in [6.07, 6.45) is 2.27. The highest BCUT2D eigenvalue weighted by molar-refractivity contribution is 7.13. The maximum Gasteiger partial charge on any atom is 0.326 e. The molecule has 6 nitrogen and oxygen atoms in total. The molecule has 1 atom stereocenters. The van der Waals surface area contributed by atoms with Crippen molar-refractivity contribution in [3.8, 4) is 10.8 Å². The van der Waals surface area contributed by atoms with E-state index >= 15 is 0 Å². The summed E-state index contributed by atoms with van der Waals surface area (Å²) >= 11 is 1.52. The summed E-state index contributed by atoms with van der Waals surface area (Å²) < 4.78 is 5.63. The van der Waals surface area contributed by atoms with E-state index in [4.69, 9.17) is 4.42 Å². The van der Waals surface area contributed by atoms with Crippen molar-refractivity contribution in [1.29, 1.82) is 0 Å². The maximum absolute atomic E-state index is 12.5. The molecular formula is C16H18N2O4S. The van der Waals surface area contributed by atoms with Crippen LogP contribution in [0.4, 0.5) is 0 Å². The molecule has 3 heterocycles. The van der Waals surface area contributed by atoms with Gasteiger partial charge >= 0.3 is 5.97 Å². The molecule has 0 bridgehead atoms. The fourth-order valence-corrected chi connectivity index (χ4v) is 3.48. The minimum Gasteiger partial charge on any atom is -0.480 e. The predicted molar refractivity (Wildman–Crippen MR) is 85.2 cm³/mol.